The topological polar surface area (TPSA) is 64.6 Å². The lowest BCUT2D eigenvalue weighted by molar-refractivity contribution is 0.0712. The lowest BCUT2D eigenvalue weighted by atomic mass is 9.81. The number of carbonyl (C=O) groups is 1. The molecule has 1 aliphatic heterocycles. The molecule has 0 radical (unpaired) electrons. The fraction of sp³-hybridized carbons (Fsp3) is 0.667. The van der Waals surface area contributed by atoms with Crippen LogP contribution in [-0.2, 0) is 6.42 Å². The van der Waals surface area contributed by atoms with Crippen LogP contribution in [0.15, 0.2) is 24.3 Å². The van der Waals surface area contributed by atoms with Crippen LogP contribution in [-0.4, -0.2) is 47.2 Å². The summed E-state index contributed by atoms with van der Waals surface area (Å²) in [6.07, 6.45) is 6.60. The van der Waals surface area contributed by atoms with Crippen molar-refractivity contribution in [3.8, 4) is 0 Å². The van der Waals surface area contributed by atoms with E-state index in [0.29, 0.717) is 24.4 Å². The van der Waals surface area contributed by atoms with Gasteiger partial charge in [-0.05, 0) is 63.1 Å². The molecule has 0 spiro atoms. The van der Waals surface area contributed by atoms with Crippen molar-refractivity contribution in [2.45, 2.75) is 70.1 Å². The lowest BCUT2D eigenvalue weighted by Gasteiger charge is -2.29. The lowest BCUT2D eigenvalue weighted by Crippen LogP contribution is -2.43. The number of carbonyl (C=O) groups excluding carboxylic acids is 1. The molecule has 0 bridgehead atoms. The quantitative estimate of drug-likeness (QED) is 0.730. The molecule has 26 heavy (non-hydrogen) atoms. The maximum atomic E-state index is 12.8. The van der Waals surface area contributed by atoms with Crippen LogP contribution < -0.4 is 10.9 Å². The van der Waals surface area contributed by atoms with Crippen LogP contribution in [0.25, 0.3) is 0 Å². The molecule has 1 amide bonds. The highest BCUT2D eigenvalue weighted by atomic mass is 16.3. The van der Waals surface area contributed by atoms with E-state index < -0.39 is 5.60 Å². The van der Waals surface area contributed by atoms with Gasteiger partial charge in [-0.1, -0.05) is 25.0 Å². The number of fused-ring (bicyclic) bond motifs is 1. The number of hydrogen-bond acceptors (Lipinski definition) is 4. The van der Waals surface area contributed by atoms with E-state index in [9.17, 15) is 9.90 Å². The summed E-state index contributed by atoms with van der Waals surface area (Å²) in [4.78, 5) is 14.6. The summed E-state index contributed by atoms with van der Waals surface area (Å²) in [6, 6.07) is 8.70. The standard InChI is InChI=1S/C21H33N3O2/c1-21(2,26)13-12-15-8-10-16(11-9-15)20(25)24(3)14-19-17-6-4-5-7-18(17)22-23-19/h8-11,17-19,22-23,26H,4-7,12-14H2,1-3H3. The highest BCUT2D eigenvalue weighted by molar-refractivity contribution is 5.94. The first kappa shape index (κ1) is 19.3. The molecule has 5 nitrogen and oxygen atoms in total. The Labute approximate surface area is 157 Å². The Morgan fingerprint density at radius 3 is 2.58 bits per heavy atom. The first-order valence-corrected chi connectivity index (χ1v) is 9.91. The second-order valence-corrected chi connectivity index (χ2v) is 8.65. The molecule has 1 heterocycles. The average molecular weight is 360 g/mol. The van der Waals surface area contributed by atoms with Gasteiger partial charge in [0, 0.05) is 31.2 Å². The third-order valence-electron chi connectivity index (χ3n) is 5.83. The number of nitrogens with zero attached hydrogens (tertiary/aromatic N) is 1. The molecule has 2 fully saturated rings. The number of hydrazine groups is 1. The molecular formula is C21H33N3O2. The van der Waals surface area contributed by atoms with Crippen LogP contribution in [0.5, 0.6) is 0 Å². The molecule has 1 saturated heterocycles. The van der Waals surface area contributed by atoms with Crippen molar-refractivity contribution >= 4 is 5.91 Å². The maximum Gasteiger partial charge on any atom is 0.253 e. The molecule has 0 aromatic heterocycles. The molecule has 2 aliphatic rings. The predicted octanol–water partition coefficient (Wildman–Crippen LogP) is 2.50. The number of likely N-dealkylation sites (N-methyl/N-ethyl adjacent to an activating group) is 1. The Morgan fingerprint density at radius 1 is 1.19 bits per heavy atom. The van der Waals surface area contributed by atoms with Gasteiger partial charge in [0.2, 0.25) is 0 Å². The minimum atomic E-state index is -0.659. The van der Waals surface area contributed by atoms with E-state index in [-0.39, 0.29) is 5.91 Å². The Morgan fingerprint density at radius 2 is 1.88 bits per heavy atom. The molecule has 3 atom stereocenters. The zero-order valence-corrected chi connectivity index (χ0v) is 16.3. The Kier molecular flexibility index (Phi) is 6.00. The minimum Gasteiger partial charge on any atom is -0.390 e. The van der Waals surface area contributed by atoms with Gasteiger partial charge in [0.15, 0.2) is 0 Å². The van der Waals surface area contributed by atoms with Crippen LogP contribution in [0.2, 0.25) is 0 Å². The van der Waals surface area contributed by atoms with Crippen LogP contribution in [0, 0.1) is 5.92 Å². The molecular weight excluding hydrogens is 326 g/mol. The Balaban J connectivity index is 1.55. The molecule has 1 aromatic carbocycles. The van der Waals surface area contributed by atoms with E-state index in [1.807, 2.05) is 50.1 Å². The molecule has 1 aromatic rings. The van der Waals surface area contributed by atoms with Gasteiger partial charge in [-0.15, -0.1) is 0 Å². The fourth-order valence-electron chi connectivity index (χ4n) is 4.19. The number of aryl methyl sites for hydroxylation is 1. The van der Waals surface area contributed by atoms with E-state index in [1.165, 1.54) is 25.7 Å². The molecule has 144 valence electrons. The van der Waals surface area contributed by atoms with Crippen LogP contribution in [0.4, 0.5) is 0 Å². The van der Waals surface area contributed by atoms with Crippen LogP contribution >= 0.6 is 0 Å². The minimum absolute atomic E-state index is 0.0695. The summed E-state index contributed by atoms with van der Waals surface area (Å²) in [5.41, 5.74) is 8.05. The van der Waals surface area contributed by atoms with Crippen molar-refractivity contribution in [3.05, 3.63) is 35.4 Å². The number of hydrogen-bond donors (Lipinski definition) is 3. The van der Waals surface area contributed by atoms with Gasteiger partial charge in [0.05, 0.1) is 5.60 Å². The Bertz CT molecular complexity index is 609. The van der Waals surface area contributed by atoms with Gasteiger partial charge in [-0.25, -0.2) is 0 Å². The molecule has 1 saturated carbocycles. The number of aliphatic hydroxyl groups is 1. The van der Waals surface area contributed by atoms with E-state index in [1.54, 1.807) is 0 Å². The first-order chi connectivity index (χ1) is 12.3. The molecule has 1 aliphatic carbocycles. The van der Waals surface area contributed by atoms with E-state index >= 15 is 0 Å². The zero-order valence-electron chi connectivity index (χ0n) is 16.3. The molecule has 5 heteroatoms. The molecule has 3 unspecified atom stereocenters. The third-order valence-corrected chi connectivity index (χ3v) is 5.83. The summed E-state index contributed by atoms with van der Waals surface area (Å²) in [6.45, 7) is 4.37. The van der Waals surface area contributed by atoms with Crippen LogP contribution in [0.1, 0.15) is 61.9 Å². The second-order valence-electron chi connectivity index (χ2n) is 8.65. The summed E-state index contributed by atoms with van der Waals surface area (Å²) < 4.78 is 0. The fourth-order valence-corrected chi connectivity index (χ4v) is 4.19. The summed E-state index contributed by atoms with van der Waals surface area (Å²) in [5, 5.41) is 9.84. The van der Waals surface area contributed by atoms with E-state index in [2.05, 4.69) is 10.9 Å². The monoisotopic (exact) mass is 359 g/mol. The maximum absolute atomic E-state index is 12.8. The van der Waals surface area contributed by atoms with Crippen LogP contribution in [0.3, 0.4) is 0 Å². The second kappa shape index (κ2) is 8.07. The summed E-state index contributed by atoms with van der Waals surface area (Å²) in [7, 11) is 1.89. The average Bonchev–Trinajstić information content (AvgIpc) is 3.02. The largest absolute Gasteiger partial charge is 0.390 e. The summed E-state index contributed by atoms with van der Waals surface area (Å²) in [5.74, 6) is 0.698. The van der Waals surface area contributed by atoms with Gasteiger partial charge in [0.1, 0.15) is 0 Å². The van der Waals surface area contributed by atoms with Crippen molar-refractivity contribution in [2.24, 2.45) is 5.92 Å². The van der Waals surface area contributed by atoms with Crippen molar-refractivity contribution in [3.63, 3.8) is 0 Å². The van der Waals surface area contributed by atoms with Crippen molar-refractivity contribution in [1.29, 1.82) is 0 Å². The Hall–Kier alpha value is -1.43. The van der Waals surface area contributed by atoms with Crippen molar-refractivity contribution < 1.29 is 9.90 Å². The van der Waals surface area contributed by atoms with Gasteiger partial charge in [-0.2, -0.15) is 0 Å². The van der Waals surface area contributed by atoms with Gasteiger partial charge < -0.3 is 10.0 Å². The van der Waals surface area contributed by atoms with Gasteiger partial charge >= 0.3 is 0 Å². The highest BCUT2D eigenvalue weighted by Crippen LogP contribution is 2.30. The number of amides is 1. The van der Waals surface area contributed by atoms with Crippen molar-refractivity contribution in [1.82, 2.24) is 15.8 Å². The van der Waals surface area contributed by atoms with Crippen molar-refractivity contribution in [2.75, 3.05) is 13.6 Å². The predicted molar refractivity (Wildman–Crippen MR) is 104 cm³/mol. The summed E-state index contributed by atoms with van der Waals surface area (Å²) >= 11 is 0. The molecule has 3 N–H and O–H groups in total. The SMILES string of the molecule is CN(CC1NNC2CCCCC21)C(=O)c1ccc(CCC(C)(C)O)cc1. The highest BCUT2D eigenvalue weighted by Gasteiger charge is 2.37. The number of rotatable bonds is 6. The normalized spacial score (nSPS) is 25.8. The van der Waals surface area contributed by atoms with Gasteiger partial charge in [0.25, 0.3) is 5.91 Å². The third kappa shape index (κ3) is 4.84. The zero-order chi connectivity index (χ0) is 18.7. The molecule has 3 rings (SSSR count). The smallest absolute Gasteiger partial charge is 0.253 e. The van der Waals surface area contributed by atoms with Gasteiger partial charge in [-0.3, -0.25) is 15.6 Å². The first-order valence-electron chi connectivity index (χ1n) is 9.91. The number of nitrogens with one attached hydrogen (secondary N) is 2. The number of benzene rings is 1. The van der Waals surface area contributed by atoms with E-state index in [4.69, 9.17) is 0 Å². The van der Waals surface area contributed by atoms with E-state index in [0.717, 1.165) is 24.1 Å².